The second kappa shape index (κ2) is 8.52. The summed E-state index contributed by atoms with van der Waals surface area (Å²) in [7, 11) is 0. The molecule has 1 aliphatic heterocycles. The van der Waals surface area contributed by atoms with Crippen molar-refractivity contribution in [3.8, 4) is 0 Å². The Morgan fingerprint density at radius 1 is 1.13 bits per heavy atom. The fraction of sp³-hybridized carbons (Fsp3) is 0.500. The van der Waals surface area contributed by atoms with Crippen LogP contribution in [0, 0.1) is 5.41 Å². The van der Waals surface area contributed by atoms with Crippen LogP contribution >= 0.6 is 23.4 Å². The standard InChI is InChI=1S/C24H29ClN2O2S/c1-23(2,3)22(28)27(19-7-8-19)21-11-4-17(16-26-21)24(12-14-29-15-13-24)30-20-9-5-18(25)6-10-20/h4-6,9-11,16,19H,7-8,12-15H2,1-3H3. The first-order chi connectivity index (χ1) is 14.3. The van der Waals surface area contributed by atoms with Crippen LogP contribution in [-0.2, 0) is 14.3 Å². The van der Waals surface area contributed by atoms with Crippen molar-refractivity contribution in [2.45, 2.75) is 62.1 Å². The maximum absolute atomic E-state index is 13.0. The Bertz CT molecular complexity index is 883. The summed E-state index contributed by atoms with van der Waals surface area (Å²) < 4.78 is 5.58. The first-order valence-electron chi connectivity index (χ1n) is 10.6. The average Bonchev–Trinajstić information content (AvgIpc) is 3.55. The van der Waals surface area contributed by atoms with Crippen molar-refractivity contribution >= 4 is 35.1 Å². The average molecular weight is 445 g/mol. The molecule has 1 aromatic carbocycles. The van der Waals surface area contributed by atoms with E-state index in [9.17, 15) is 4.79 Å². The number of pyridine rings is 1. The smallest absolute Gasteiger partial charge is 0.233 e. The largest absolute Gasteiger partial charge is 0.381 e. The van der Waals surface area contributed by atoms with Crippen molar-refractivity contribution in [1.29, 1.82) is 0 Å². The van der Waals surface area contributed by atoms with Crippen LogP contribution in [0.1, 0.15) is 52.0 Å². The number of rotatable bonds is 5. The van der Waals surface area contributed by atoms with Crippen molar-refractivity contribution in [1.82, 2.24) is 4.98 Å². The molecule has 2 aromatic rings. The zero-order chi connectivity index (χ0) is 21.4. The number of aromatic nitrogens is 1. The molecule has 0 atom stereocenters. The fourth-order valence-corrected chi connectivity index (χ4v) is 5.29. The highest BCUT2D eigenvalue weighted by Gasteiger charge is 2.40. The molecule has 0 unspecified atom stereocenters. The predicted octanol–water partition coefficient (Wildman–Crippen LogP) is 6.07. The molecule has 2 fully saturated rings. The van der Waals surface area contributed by atoms with Gasteiger partial charge in [0.1, 0.15) is 5.82 Å². The van der Waals surface area contributed by atoms with E-state index in [4.69, 9.17) is 21.3 Å². The number of anilines is 1. The van der Waals surface area contributed by atoms with Crippen LogP contribution in [0.2, 0.25) is 5.02 Å². The molecule has 2 aliphatic rings. The van der Waals surface area contributed by atoms with Crippen LogP contribution in [0.25, 0.3) is 0 Å². The molecule has 1 aromatic heterocycles. The van der Waals surface area contributed by atoms with E-state index >= 15 is 0 Å². The zero-order valence-electron chi connectivity index (χ0n) is 17.9. The minimum absolute atomic E-state index is 0.0872. The Kier molecular flexibility index (Phi) is 6.16. The predicted molar refractivity (Wildman–Crippen MR) is 123 cm³/mol. The lowest BCUT2D eigenvalue weighted by Gasteiger charge is -2.37. The van der Waals surface area contributed by atoms with E-state index < -0.39 is 5.41 Å². The summed E-state index contributed by atoms with van der Waals surface area (Å²) in [6.07, 6.45) is 5.93. The molecule has 4 nitrogen and oxygen atoms in total. The van der Waals surface area contributed by atoms with E-state index in [1.54, 1.807) is 0 Å². The Labute approximate surface area is 188 Å². The molecule has 1 saturated heterocycles. The van der Waals surface area contributed by atoms with Crippen LogP contribution in [0.4, 0.5) is 5.82 Å². The first-order valence-corrected chi connectivity index (χ1v) is 11.8. The summed E-state index contributed by atoms with van der Waals surface area (Å²) in [5, 5.41) is 0.745. The Morgan fingerprint density at radius 3 is 2.33 bits per heavy atom. The van der Waals surface area contributed by atoms with Gasteiger partial charge in [-0.15, -0.1) is 11.8 Å². The molecule has 2 heterocycles. The Morgan fingerprint density at radius 2 is 1.80 bits per heavy atom. The molecule has 0 spiro atoms. The lowest BCUT2D eigenvalue weighted by molar-refractivity contribution is -0.125. The monoisotopic (exact) mass is 444 g/mol. The zero-order valence-corrected chi connectivity index (χ0v) is 19.4. The van der Waals surface area contributed by atoms with Gasteiger partial charge in [0.15, 0.2) is 0 Å². The van der Waals surface area contributed by atoms with Crippen LogP contribution in [-0.4, -0.2) is 30.1 Å². The lowest BCUT2D eigenvalue weighted by Crippen LogP contribution is -2.41. The van der Waals surface area contributed by atoms with Gasteiger partial charge in [-0.25, -0.2) is 4.98 Å². The normalized spacial score (nSPS) is 18.8. The third-order valence-corrected chi connectivity index (χ3v) is 7.52. The number of hydrogen-bond acceptors (Lipinski definition) is 4. The van der Waals surface area contributed by atoms with Gasteiger partial charge in [-0.1, -0.05) is 38.4 Å². The molecule has 6 heteroatoms. The quantitative estimate of drug-likeness (QED) is 0.560. The Hall–Kier alpha value is -1.56. The lowest BCUT2D eigenvalue weighted by atomic mass is 9.91. The van der Waals surface area contributed by atoms with Gasteiger partial charge in [0, 0.05) is 40.8 Å². The number of amides is 1. The van der Waals surface area contributed by atoms with Crippen molar-refractivity contribution in [2.75, 3.05) is 18.1 Å². The van der Waals surface area contributed by atoms with E-state index in [1.807, 2.05) is 61.8 Å². The number of carbonyl (C=O) groups excluding carboxylic acids is 1. The summed E-state index contributed by atoms with van der Waals surface area (Å²) in [5.74, 6) is 0.904. The van der Waals surface area contributed by atoms with Gasteiger partial charge in [0.25, 0.3) is 0 Å². The summed E-state index contributed by atoms with van der Waals surface area (Å²) in [6.45, 7) is 7.38. The second-order valence-corrected chi connectivity index (χ2v) is 11.1. The van der Waals surface area contributed by atoms with Crippen LogP contribution in [0.15, 0.2) is 47.5 Å². The number of nitrogens with zero attached hydrogens (tertiary/aromatic N) is 2. The molecule has 160 valence electrons. The first kappa shape index (κ1) is 21.7. The number of benzene rings is 1. The van der Waals surface area contributed by atoms with Gasteiger partial charge in [-0.3, -0.25) is 9.69 Å². The molecule has 1 saturated carbocycles. The summed E-state index contributed by atoms with van der Waals surface area (Å²) >= 11 is 7.93. The van der Waals surface area contributed by atoms with E-state index in [2.05, 4.69) is 18.2 Å². The maximum Gasteiger partial charge on any atom is 0.233 e. The van der Waals surface area contributed by atoms with Crippen molar-refractivity contribution in [2.24, 2.45) is 5.41 Å². The van der Waals surface area contributed by atoms with Gasteiger partial charge >= 0.3 is 0 Å². The van der Waals surface area contributed by atoms with Gasteiger partial charge < -0.3 is 4.74 Å². The van der Waals surface area contributed by atoms with E-state index in [0.29, 0.717) is 0 Å². The number of ether oxygens (including phenoxy) is 1. The highest BCUT2D eigenvalue weighted by Crippen LogP contribution is 2.48. The summed E-state index contributed by atoms with van der Waals surface area (Å²) in [4.78, 5) is 20.9. The third-order valence-electron chi connectivity index (χ3n) is 5.72. The van der Waals surface area contributed by atoms with Gasteiger partial charge in [0.2, 0.25) is 5.91 Å². The molecule has 0 radical (unpaired) electrons. The maximum atomic E-state index is 13.0. The minimum Gasteiger partial charge on any atom is -0.381 e. The number of thioether (sulfide) groups is 1. The second-order valence-electron chi connectivity index (χ2n) is 9.22. The van der Waals surface area contributed by atoms with Gasteiger partial charge in [-0.2, -0.15) is 0 Å². The molecule has 1 aliphatic carbocycles. The summed E-state index contributed by atoms with van der Waals surface area (Å²) in [6, 6.07) is 12.5. The SMILES string of the molecule is CC(C)(C)C(=O)N(c1ccc(C2(Sc3ccc(Cl)cc3)CCOCC2)cn1)C1CC1. The van der Waals surface area contributed by atoms with Crippen LogP contribution in [0.3, 0.4) is 0 Å². The van der Waals surface area contributed by atoms with E-state index in [0.717, 1.165) is 49.7 Å². The van der Waals surface area contributed by atoms with Crippen molar-refractivity contribution in [3.05, 3.63) is 53.2 Å². The van der Waals surface area contributed by atoms with Gasteiger partial charge in [-0.05, 0) is 61.6 Å². The number of carbonyl (C=O) groups is 1. The minimum atomic E-state index is -0.421. The molecule has 30 heavy (non-hydrogen) atoms. The van der Waals surface area contributed by atoms with Crippen LogP contribution < -0.4 is 4.90 Å². The molecule has 1 amide bonds. The summed E-state index contributed by atoms with van der Waals surface area (Å²) in [5.41, 5.74) is 0.767. The van der Waals surface area contributed by atoms with Gasteiger partial charge in [0.05, 0.1) is 4.75 Å². The molecule has 4 rings (SSSR count). The topological polar surface area (TPSA) is 42.4 Å². The molecule has 0 bridgehead atoms. The molecule has 0 N–H and O–H groups in total. The molecular weight excluding hydrogens is 416 g/mol. The number of hydrogen-bond donors (Lipinski definition) is 0. The van der Waals surface area contributed by atoms with Crippen molar-refractivity contribution < 1.29 is 9.53 Å². The third kappa shape index (κ3) is 4.68. The van der Waals surface area contributed by atoms with Crippen molar-refractivity contribution in [3.63, 3.8) is 0 Å². The van der Waals surface area contributed by atoms with E-state index in [1.165, 1.54) is 10.5 Å². The molecular formula is C24H29ClN2O2S. The van der Waals surface area contributed by atoms with Crippen LogP contribution in [0.5, 0.6) is 0 Å². The fourth-order valence-electron chi connectivity index (χ4n) is 3.83. The van der Waals surface area contributed by atoms with E-state index in [-0.39, 0.29) is 16.7 Å². The highest BCUT2D eigenvalue weighted by atomic mass is 35.5. The highest BCUT2D eigenvalue weighted by molar-refractivity contribution is 8.00. The Balaban J connectivity index is 1.62. The number of halogens is 1.